The minimum absolute atomic E-state index is 0.0777. The molecule has 6 aliphatic carbocycles. The highest BCUT2D eigenvalue weighted by Crippen LogP contribution is 2.56. The molecule has 0 radical (unpaired) electrons. The predicted octanol–water partition coefficient (Wildman–Crippen LogP) is 2.96. The van der Waals surface area contributed by atoms with Crippen LogP contribution >= 0.6 is 0 Å². The monoisotopic (exact) mass is 918 g/mol. The summed E-state index contributed by atoms with van der Waals surface area (Å²) in [5.74, 6) is -12.6. The van der Waals surface area contributed by atoms with Crippen LogP contribution in [0.1, 0.15) is 53.5 Å². The van der Waals surface area contributed by atoms with Crippen molar-refractivity contribution < 1.29 is 69.6 Å². The van der Waals surface area contributed by atoms with Crippen LogP contribution in [0.3, 0.4) is 0 Å². The lowest BCUT2D eigenvalue weighted by molar-refractivity contribution is -0.148. The first-order chi connectivity index (χ1) is 31.4. The Morgan fingerprint density at radius 3 is 1.48 bits per heavy atom. The number of ketones is 4. The molecule has 0 aromatic heterocycles. The van der Waals surface area contributed by atoms with Crippen molar-refractivity contribution in [3.63, 3.8) is 0 Å². The lowest BCUT2D eigenvalue weighted by Crippen LogP contribution is -2.58. The molecule has 0 unspecified atom stereocenters. The van der Waals surface area contributed by atoms with Crippen LogP contribution in [0, 0.1) is 30.6 Å². The molecule has 350 valence electrons. The van der Waals surface area contributed by atoms with Crippen molar-refractivity contribution in [1.82, 2.24) is 0 Å². The van der Waals surface area contributed by atoms with Crippen molar-refractivity contribution in [2.45, 2.75) is 56.7 Å². The molecule has 2 saturated carbocycles. The summed E-state index contributed by atoms with van der Waals surface area (Å²) in [5, 5.41) is 87.9. The number of aliphatic hydroxyl groups is 6. The van der Waals surface area contributed by atoms with E-state index in [4.69, 9.17) is 11.5 Å². The molecule has 9 rings (SSSR count). The molecular formula is C49H50N4O14. The van der Waals surface area contributed by atoms with Gasteiger partial charge in [-0.3, -0.25) is 28.8 Å². The highest BCUT2D eigenvalue weighted by atomic mass is 16.4. The van der Waals surface area contributed by atoms with Crippen LogP contribution in [0.2, 0.25) is 0 Å². The number of carbonyl (C=O) groups excluding carboxylic acids is 6. The first kappa shape index (κ1) is 46.1. The average Bonchev–Trinajstić information content (AvgIpc) is 3.23. The van der Waals surface area contributed by atoms with E-state index in [1.807, 2.05) is 75.2 Å². The van der Waals surface area contributed by atoms with Gasteiger partial charge < -0.3 is 62.1 Å². The van der Waals surface area contributed by atoms with Gasteiger partial charge >= 0.3 is 0 Å². The fourth-order valence-corrected chi connectivity index (χ4v) is 11.0. The second-order valence-electron chi connectivity index (χ2n) is 18.6. The summed E-state index contributed by atoms with van der Waals surface area (Å²) >= 11 is 0. The second-order valence-corrected chi connectivity index (χ2v) is 18.6. The van der Waals surface area contributed by atoms with Gasteiger partial charge in [-0.25, -0.2) is 0 Å². The number of aliphatic hydroxyl groups excluding tert-OH is 4. The van der Waals surface area contributed by atoms with Gasteiger partial charge in [0.25, 0.3) is 11.8 Å². The summed E-state index contributed by atoms with van der Waals surface area (Å²) in [6, 6.07) is 12.4. The molecule has 67 heavy (non-hydrogen) atoms. The minimum Gasteiger partial charge on any atom is -0.508 e. The molecule has 2 fully saturated rings. The number of fused-ring (bicyclic) bond motifs is 6. The number of phenolic OH excluding ortho intramolecular Hbond substituents is 2. The van der Waals surface area contributed by atoms with Crippen molar-refractivity contribution in [3.05, 3.63) is 104 Å². The lowest BCUT2D eigenvalue weighted by atomic mass is 9.59. The minimum atomic E-state index is -2.58. The molecule has 18 nitrogen and oxygen atoms in total. The van der Waals surface area contributed by atoms with Gasteiger partial charge in [-0.15, -0.1) is 0 Å². The van der Waals surface area contributed by atoms with Gasteiger partial charge in [0.1, 0.15) is 45.7 Å². The van der Waals surface area contributed by atoms with Gasteiger partial charge in [-0.1, -0.05) is 29.8 Å². The van der Waals surface area contributed by atoms with E-state index in [1.54, 1.807) is 6.07 Å². The van der Waals surface area contributed by atoms with Crippen LogP contribution in [0.15, 0.2) is 76.3 Å². The molecule has 0 spiro atoms. The maximum absolute atomic E-state index is 13.7. The number of aryl methyl sites for hydroxylation is 1. The van der Waals surface area contributed by atoms with E-state index in [1.165, 1.54) is 6.07 Å². The Hall–Kier alpha value is -7.44. The van der Waals surface area contributed by atoms with E-state index in [-0.39, 0.29) is 72.3 Å². The van der Waals surface area contributed by atoms with Crippen molar-refractivity contribution in [3.8, 4) is 22.6 Å². The van der Waals surface area contributed by atoms with E-state index >= 15 is 0 Å². The maximum Gasteiger partial charge on any atom is 0.255 e. The highest BCUT2D eigenvalue weighted by molar-refractivity contribution is 6.24. The normalized spacial score (nSPS) is 26.4. The number of hydrogen-bond acceptors (Lipinski definition) is 16. The van der Waals surface area contributed by atoms with Crippen LogP contribution in [-0.2, 0) is 41.6 Å². The topological polar surface area (TPSA) is 323 Å². The maximum atomic E-state index is 13.7. The number of primary amides is 2. The van der Waals surface area contributed by atoms with Crippen molar-refractivity contribution >= 4 is 57.8 Å². The van der Waals surface area contributed by atoms with E-state index in [0.717, 1.165) is 16.9 Å². The number of carbonyl (C=O) groups is 6. The average molecular weight is 919 g/mol. The van der Waals surface area contributed by atoms with E-state index in [9.17, 15) is 69.6 Å². The SMILES string of the molecule is CN(C)c1ccc(O)c2c1C[C@H]1C[C@H]3CC(=O)C(C(N)=O)=C(O)[C@@]3(O)C(=O)C1=C2O.Cc1ccc(-c2cc(N(C)C)c3c(c2O)C(O)=C2C(=O)[C@]4(O)C(O)=C(C(N)=O)C(=O)C[C@@H]4C[C@@H]2C3)cc1. The Bertz CT molecular complexity index is 2930. The first-order valence-electron chi connectivity index (χ1n) is 21.5. The van der Waals surface area contributed by atoms with Crippen molar-refractivity contribution in [2.24, 2.45) is 35.1 Å². The molecule has 6 aliphatic rings. The number of rotatable bonds is 5. The van der Waals surface area contributed by atoms with Crippen molar-refractivity contribution in [2.75, 3.05) is 38.0 Å². The molecular weight excluding hydrogens is 869 g/mol. The molecule has 0 heterocycles. The third kappa shape index (κ3) is 6.67. The molecule has 6 atom stereocenters. The van der Waals surface area contributed by atoms with Crippen LogP contribution in [0.4, 0.5) is 11.4 Å². The standard InChI is InChI=1S/C28H28N2O7.C21H22N2O7/c1-12-4-6-13(7-5-12)16-11-18(30(2)3)17-9-14-8-15-10-19(31)22(27(29)36)26(35)28(15,37)25(34)20(14)24(33)21(17)23(16)32;1-23(2)11-3-4-12(24)15-10(11)6-8-5-9-7-13(25)16(20(22)29)19(28)21(9,30)18(27)14(8)17(15)26/h4-7,11,14-15,32-33,35,37H,8-10H2,1-3H3,(H2,29,36);3-4,8-9,24,26,28,30H,5-7H2,1-2H3,(H2,22,29)/t14-,15+,28+;8-,9+,21+/m11/s1. The van der Waals surface area contributed by atoms with Gasteiger partial charge in [0.15, 0.2) is 22.8 Å². The van der Waals surface area contributed by atoms with Gasteiger partial charge in [0, 0.05) is 81.0 Å². The molecule has 3 aromatic rings. The zero-order chi connectivity index (χ0) is 49.1. The Balaban J connectivity index is 0.000000186. The third-order valence-electron chi connectivity index (χ3n) is 14.3. The number of hydrogen-bond donors (Lipinski definition) is 10. The largest absolute Gasteiger partial charge is 0.508 e. The number of Topliss-reactive ketones (excluding diaryl/α,β-unsaturated/α-hetero) is 4. The number of phenols is 2. The molecule has 2 amide bonds. The van der Waals surface area contributed by atoms with Gasteiger partial charge in [0.05, 0.1) is 11.1 Å². The summed E-state index contributed by atoms with van der Waals surface area (Å²) < 4.78 is 0. The Morgan fingerprint density at radius 2 is 1.04 bits per heavy atom. The Labute approximate surface area is 383 Å². The molecule has 12 N–H and O–H groups in total. The van der Waals surface area contributed by atoms with Crippen molar-refractivity contribution in [1.29, 1.82) is 0 Å². The number of nitrogens with zero attached hydrogens (tertiary/aromatic N) is 2. The Kier molecular flexibility index (Phi) is 10.9. The van der Waals surface area contributed by atoms with Crippen LogP contribution in [0.5, 0.6) is 11.5 Å². The van der Waals surface area contributed by atoms with Crippen LogP contribution in [0.25, 0.3) is 22.6 Å². The van der Waals surface area contributed by atoms with E-state index in [2.05, 4.69) is 0 Å². The fourth-order valence-electron chi connectivity index (χ4n) is 11.0. The zero-order valence-electron chi connectivity index (χ0n) is 37.2. The summed E-state index contributed by atoms with van der Waals surface area (Å²) in [4.78, 5) is 79.0. The summed E-state index contributed by atoms with van der Waals surface area (Å²) in [6.07, 6.45) is 0.0737. The highest BCUT2D eigenvalue weighted by Gasteiger charge is 2.62. The number of anilines is 2. The number of amides is 2. The quantitative estimate of drug-likeness (QED) is 0.165. The number of nitrogens with two attached hydrogens (primary N) is 2. The number of aromatic hydroxyl groups is 2. The fraction of sp³-hybridized carbons (Fsp3) is 0.347. The third-order valence-corrected chi connectivity index (χ3v) is 14.3. The van der Waals surface area contributed by atoms with Gasteiger partial charge in [0.2, 0.25) is 11.6 Å². The van der Waals surface area contributed by atoms with E-state index < -0.39 is 104 Å². The lowest BCUT2D eigenvalue weighted by Gasteiger charge is -2.46. The molecule has 3 aromatic carbocycles. The molecule has 0 aliphatic heterocycles. The van der Waals surface area contributed by atoms with Crippen LogP contribution < -0.4 is 21.3 Å². The van der Waals surface area contributed by atoms with Gasteiger partial charge in [-0.2, -0.15) is 0 Å². The van der Waals surface area contributed by atoms with E-state index in [0.29, 0.717) is 22.3 Å². The molecule has 0 bridgehead atoms. The molecule has 18 heteroatoms. The number of benzene rings is 3. The first-order valence-corrected chi connectivity index (χ1v) is 21.5. The summed E-state index contributed by atoms with van der Waals surface area (Å²) in [5.41, 5.74) is 8.51. The van der Waals surface area contributed by atoms with Gasteiger partial charge in [-0.05, 0) is 79.3 Å². The zero-order valence-corrected chi connectivity index (χ0v) is 37.2. The molecule has 0 saturated heterocycles. The second kappa shape index (κ2) is 15.9. The smallest absolute Gasteiger partial charge is 0.255 e. The summed E-state index contributed by atoms with van der Waals surface area (Å²) in [6.45, 7) is 1.94. The summed E-state index contributed by atoms with van der Waals surface area (Å²) in [7, 11) is 7.28. The van der Waals surface area contributed by atoms with Crippen LogP contribution in [-0.4, -0.2) is 115 Å². The Morgan fingerprint density at radius 1 is 0.612 bits per heavy atom. The predicted molar refractivity (Wildman–Crippen MR) is 242 cm³/mol.